The van der Waals surface area contributed by atoms with Gasteiger partial charge in [-0.2, -0.15) is 0 Å². The SMILES string of the molecule is O=C(O)[C@@H]1[C@@H](C(=O)NCC[C@@H](Cc2ccc(Cl)cc2)c2ccc(-c3ccccc3)cc2)[C@@H](C(=O)OCc2ccccc2)[C@@H]1C(=O)OCc1ccccc1. The van der Waals surface area contributed by atoms with E-state index < -0.39 is 47.5 Å². The Balaban J connectivity index is 1.18. The third-order valence-corrected chi connectivity index (χ3v) is 10.1. The first-order valence-corrected chi connectivity index (χ1v) is 18.0. The number of aliphatic carboxylic acids is 1. The van der Waals surface area contributed by atoms with Crippen LogP contribution in [-0.4, -0.2) is 35.5 Å². The van der Waals surface area contributed by atoms with Gasteiger partial charge < -0.3 is 19.9 Å². The maximum Gasteiger partial charge on any atom is 0.311 e. The second-order valence-corrected chi connectivity index (χ2v) is 13.7. The zero-order chi connectivity index (χ0) is 37.2. The number of carboxylic acids is 1. The lowest BCUT2D eigenvalue weighted by Gasteiger charge is -2.45. The van der Waals surface area contributed by atoms with Gasteiger partial charge in [-0.1, -0.05) is 139 Å². The Labute approximate surface area is 313 Å². The maximum atomic E-state index is 13.8. The van der Waals surface area contributed by atoms with Crippen molar-refractivity contribution in [1.29, 1.82) is 0 Å². The Hall–Kier alpha value is -5.73. The first kappa shape index (κ1) is 37.0. The Morgan fingerprint density at radius 3 is 1.60 bits per heavy atom. The number of halogens is 1. The van der Waals surface area contributed by atoms with Gasteiger partial charge in [-0.3, -0.25) is 19.2 Å². The predicted molar refractivity (Wildman–Crippen MR) is 201 cm³/mol. The molecule has 0 aliphatic heterocycles. The standard InChI is InChI=1S/C44H40ClNO7/c45-36-22-16-29(17-23-36)26-35(34-20-18-33(19-21-34)32-14-8-3-9-15-32)24-25-46-41(47)37-38(42(48)49)40(44(51)53-28-31-12-6-2-7-13-31)39(37)43(50)52-27-30-10-4-1-5-11-30/h1-23,35,37-40H,24-28H2,(H,46,47)(H,48,49)/t35-,37+,38+,39+,40+/m0/s1. The number of amides is 1. The zero-order valence-corrected chi connectivity index (χ0v) is 29.7. The molecule has 0 spiro atoms. The van der Waals surface area contributed by atoms with Crippen LogP contribution in [0.5, 0.6) is 0 Å². The van der Waals surface area contributed by atoms with Gasteiger partial charge in [0.2, 0.25) is 5.91 Å². The van der Waals surface area contributed by atoms with Crippen LogP contribution in [0.25, 0.3) is 11.1 Å². The van der Waals surface area contributed by atoms with Crippen molar-refractivity contribution in [1.82, 2.24) is 5.32 Å². The number of rotatable bonds is 15. The highest BCUT2D eigenvalue weighted by molar-refractivity contribution is 6.30. The van der Waals surface area contributed by atoms with Crippen LogP contribution >= 0.6 is 11.6 Å². The molecule has 9 heteroatoms. The average molecular weight is 730 g/mol. The van der Waals surface area contributed by atoms with Crippen LogP contribution in [0, 0.1) is 23.7 Å². The van der Waals surface area contributed by atoms with Gasteiger partial charge in [-0.25, -0.2) is 0 Å². The van der Waals surface area contributed by atoms with E-state index >= 15 is 0 Å². The van der Waals surface area contributed by atoms with Crippen LogP contribution in [0.15, 0.2) is 140 Å². The molecule has 5 atom stereocenters. The lowest BCUT2D eigenvalue weighted by Crippen LogP contribution is -2.62. The van der Waals surface area contributed by atoms with Crippen LogP contribution < -0.4 is 5.32 Å². The Morgan fingerprint density at radius 2 is 1.08 bits per heavy atom. The molecular weight excluding hydrogens is 690 g/mol. The first-order chi connectivity index (χ1) is 25.8. The highest BCUT2D eigenvalue weighted by Crippen LogP contribution is 2.48. The summed E-state index contributed by atoms with van der Waals surface area (Å²) in [5.74, 6) is -9.22. The molecule has 8 nitrogen and oxygen atoms in total. The minimum atomic E-state index is -1.47. The van der Waals surface area contributed by atoms with Crippen molar-refractivity contribution < 1.29 is 33.8 Å². The molecule has 1 saturated carbocycles. The average Bonchev–Trinajstić information content (AvgIpc) is 3.17. The number of carbonyl (C=O) groups is 4. The summed E-state index contributed by atoms with van der Waals surface area (Å²) in [7, 11) is 0. The highest BCUT2D eigenvalue weighted by Gasteiger charge is 2.64. The molecule has 1 aliphatic rings. The van der Waals surface area contributed by atoms with E-state index in [2.05, 4.69) is 41.7 Å². The summed E-state index contributed by atoms with van der Waals surface area (Å²) in [6.45, 7) is 0.00520. The molecule has 53 heavy (non-hydrogen) atoms. The van der Waals surface area contributed by atoms with E-state index in [4.69, 9.17) is 21.1 Å². The fourth-order valence-electron chi connectivity index (χ4n) is 6.98. The van der Waals surface area contributed by atoms with E-state index in [1.54, 1.807) is 48.5 Å². The van der Waals surface area contributed by atoms with E-state index in [1.807, 2.05) is 54.6 Å². The van der Waals surface area contributed by atoms with Crippen molar-refractivity contribution in [2.24, 2.45) is 23.7 Å². The third kappa shape index (κ3) is 9.39. The molecule has 0 radical (unpaired) electrons. The summed E-state index contributed by atoms with van der Waals surface area (Å²) in [5, 5.41) is 13.8. The number of hydrogen-bond acceptors (Lipinski definition) is 6. The number of benzene rings is 5. The molecule has 0 saturated heterocycles. The molecule has 2 N–H and O–H groups in total. The quantitative estimate of drug-likeness (QED) is 0.105. The summed E-state index contributed by atoms with van der Waals surface area (Å²) >= 11 is 6.15. The van der Waals surface area contributed by atoms with Crippen molar-refractivity contribution in [2.45, 2.75) is 32.0 Å². The van der Waals surface area contributed by atoms with Crippen LogP contribution in [0.3, 0.4) is 0 Å². The highest BCUT2D eigenvalue weighted by atomic mass is 35.5. The Morgan fingerprint density at radius 1 is 0.585 bits per heavy atom. The lowest BCUT2D eigenvalue weighted by molar-refractivity contribution is -0.193. The smallest absolute Gasteiger partial charge is 0.311 e. The summed E-state index contributed by atoms with van der Waals surface area (Å²) in [5.41, 5.74) is 5.74. The summed E-state index contributed by atoms with van der Waals surface area (Å²) in [6.07, 6.45) is 1.19. The van der Waals surface area contributed by atoms with Crippen LogP contribution in [0.1, 0.15) is 34.6 Å². The molecule has 5 aromatic carbocycles. The summed E-state index contributed by atoms with van der Waals surface area (Å²) in [6, 6.07) is 43.9. The molecule has 0 heterocycles. The van der Waals surface area contributed by atoms with Gasteiger partial charge in [0, 0.05) is 11.6 Å². The van der Waals surface area contributed by atoms with E-state index in [0.29, 0.717) is 29.0 Å². The molecule has 0 bridgehead atoms. The fourth-order valence-corrected chi connectivity index (χ4v) is 7.10. The molecular formula is C44H40ClNO7. The van der Waals surface area contributed by atoms with Crippen molar-refractivity contribution in [3.05, 3.63) is 167 Å². The van der Waals surface area contributed by atoms with Gasteiger partial charge in [0.1, 0.15) is 13.2 Å². The number of carbonyl (C=O) groups excluding carboxylic acids is 3. The van der Waals surface area contributed by atoms with E-state index in [1.165, 1.54) is 0 Å². The van der Waals surface area contributed by atoms with E-state index in [0.717, 1.165) is 22.3 Å². The largest absolute Gasteiger partial charge is 0.481 e. The summed E-state index contributed by atoms with van der Waals surface area (Å²) in [4.78, 5) is 53.4. The van der Waals surface area contributed by atoms with Crippen LogP contribution in [0.2, 0.25) is 5.02 Å². The minimum absolute atomic E-state index is 0.00897. The molecule has 0 aromatic heterocycles. The zero-order valence-electron chi connectivity index (χ0n) is 29.0. The number of carboxylic acid groups (broad SMARTS) is 1. The van der Waals surface area contributed by atoms with Crippen LogP contribution in [0.4, 0.5) is 0 Å². The molecule has 270 valence electrons. The van der Waals surface area contributed by atoms with Gasteiger partial charge in [-0.15, -0.1) is 0 Å². The van der Waals surface area contributed by atoms with Crippen molar-refractivity contribution in [3.63, 3.8) is 0 Å². The Kier molecular flexibility index (Phi) is 12.3. The third-order valence-electron chi connectivity index (χ3n) is 9.80. The van der Waals surface area contributed by atoms with E-state index in [9.17, 15) is 24.3 Å². The molecule has 0 unspecified atom stereocenters. The first-order valence-electron chi connectivity index (χ1n) is 17.6. The van der Waals surface area contributed by atoms with Crippen molar-refractivity contribution in [3.8, 4) is 11.1 Å². The maximum absolute atomic E-state index is 13.8. The normalized spacial score (nSPS) is 18.2. The van der Waals surface area contributed by atoms with E-state index in [-0.39, 0.29) is 25.7 Å². The lowest BCUT2D eigenvalue weighted by atomic mass is 9.56. The minimum Gasteiger partial charge on any atom is -0.481 e. The van der Waals surface area contributed by atoms with Crippen molar-refractivity contribution >= 4 is 35.4 Å². The van der Waals surface area contributed by atoms with Gasteiger partial charge >= 0.3 is 17.9 Å². The molecule has 1 amide bonds. The molecule has 5 aromatic rings. The van der Waals surface area contributed by atoms with Gasteiger partial charge in [0.25, 0.3) is 0 Å². The molecule has 1 aliphatic carbocycles. The van der Waals surface area contributed by atoms with Crippen LogP contribution in [-0.2, 0) is 48.3 Å². The number of ether oxygens (including phenoxy) is 2. The topological polar surface area (TPSA) is 119 Å². The number of hydrogen-bond donors (Lipinski definition) is 2. The molecule has 6 rings (SSSR count). The van der Waals surface area contributed by atoms with Crippen molar-refractivity contribution in [2.75, 3.05) is 6.54 Å². The summed E-state index contributed by atoms with van der Waals surface area (Å²) < 4.78 is 11.1. The predicted octanol–water partition coefficient (Wildman–Crippen LogP) is 7.89. The number of esters is 2. The van der Waals surface area contributed by atoms with Gasteiger partial charge in [0.15, 0.2) is 0 Å². The second-order valence-electron chi connectivity index (χ2n) is 13.2. The van der Waals surface area contributed by atoms with Gasteiger partial charge in [-0.05, 0) is 64.3 Å². The number of nitrogens with one attached hydrogen (secondary N) is 1. The second kappa shape index (κ2) is 17.7. The van der Waals surface area contributed by atoms with Gasteiger partial charge in [0.05, 0.1) is 23.7 Å². The Bertz CT molecular complexity index is 1990. The monoisotopic (exact) mass is 729 g/mol. The fraction of sp³-hybridized carbons (Fsp3) is 0.227. The molecule has 1 fully saturated rings.